The minimum absolute atomic E-state index is 0.246. The van der Waals surface area contributed by atoms with E-state index in [1.807, 2.05) is 0 Å². The van der Waals surface area contributed by atoms with Crippen LogP contribution in [0.15, 0.2) is 0 Å². The van der Waals surface area contributed by atoms with E-state index in [0.29, 0.717) is 6.04 Å². The van der Waals surface area contributed by atoms with Crippen LogP contribution in [-0.4, -0.2) is 42.6 Å². The number of nitrogens with two attached hydrogens (primary N) is 1. The first kappa shape index (κ1) is 13.8. The van der Waals surface area contributed by atoms with E-state index in [4.69, 9.17) is 10.5 Å². The molecule has 0 aromatic rings. The summed E-state index contributed by atoms with van der Waals surface area (Å²) in [5.41, 5.74) is 5.42. The largest absolute Gasteiger partial charge is 0.468 e. The van der Waals surface area contributed by atoms with Crippen molar-refractivity contribution in [2.24, 2.45) is 17.6 Å². The predicted octanol–water partition coefficient (Wildman–Crippen LogP) is 1.39. The molecule has 2 N–H and O–H groups in total. The van der Waals surface area contributed by atoms with Gasteiger partial charge in [0.25, 0.3) is 0 Å². The van der Waals surface area contributed by atoms with Crippen LogP contribution in [-0.2, 0) is 9.53 Å². The fraction of sp³-hybridized carbons (Fsp3) is 0.929. The van der Waals surface area contributed by atoms with Gasteiger partial charge in [0.15, 0.2) is 0 Å². The van der Waals surface area contributed by atoms with Gasteiger partial charge in [-0.2, -0.15) is 0 Å². The number of esters is 1. The van der Waals surface area contributed by atoms with Crippen molar-refractivity contribution in [3.05, 3.63) is 0 Å². The van der Waals surface area contributed by atoms with Crippen LogP contribution in [0.2, 0.25) is 0 Å². The van der Waals surface area contributed by atoms with E-state index in [-0.39, 0.29) is 5.97 Å². The number of hydrogen-bond donors (Lipinski definition) is 1. The summed E-state index contributed by atoms with van der Waals surface area (Å²) in [4.78, 5) is 14.2. The molecule has 2 rings (SSSR count). The second-order valence-electron chi connectivity index (χ2n) is 6.33. The quantitative estimate of drug-likeness (QED) is 0.773. The smallest absolute Gasteiger partial charge is 0.325 e. The van der Waals surface area contributed by atoms with Gasteiger partial charge in [-0.1, -0.05) is 13.8 Å². The van der Waals surface area contributed by atoms with E-state index in [1.165, 1.54) is 20.1 Å². The number of carbonyl (C=O) groups is 1. The number of methoxy groups -OCH3 is 1. The SMILES string of the molecule is COC(=O)C1(N)CCC(N2CCC(C(C)C)C2)C1. The molecule has 0 amide bonds. The zero-order valence-corrected chi connectivity index (χ0v) is 11.8. The summed E-state index contributed by atoms with van der Waals surface area (Å²) in [6.07, 6.45) is 3.82. The van der Waals surface area contributed by atoms with E-state index in [9.17, 15) is 4.79 Å². The van der Waals surface area contributed by atoms with Gasteiger partial charge in [0.1, 0.15) is 5.54 Å². The van der Waals surface area contributed by atoms with E-state index >= 15 is 0 Å². The maximum Gasteiger partial charge on any atom is 0.325 e. The van der Waals surface area contributed by atoms with Crippen LogP contribution < -0.4 is 5.73 Å². The molecule has 1 aliphatic heterocycles. The summed E-state index contributed by atoms with van der Waals surface area (Å²) in [7, 11) is 1.43. The first-order valence-electron chi connectivity index (χ1n) is 7.07. The van der Waals surface area contributed by atoms with Crippen molar-refractivity contribution in [1.82, 2.24) is 4.90 Å². The fourth-order valence-electron chi connectivity index (χ4n) is 3.44. The van der Waals surface area contributed by atoms with Crippen LogP contribution in [0.1, 0.15) is 39.5 Å². The van der Waals surface area contributed by atoms with Crippen LogP contribution in [0, 0.1) is 11.8 Å². The third kappa shape index (κ3) is 2.54. The molecule has 1 saturated heterocycles. The van der Waals surface area contributed by atoms with Crippen LogP contribution >= 0.6 is 0 Å². The molecule has 104 valence electrons. The van der Waals surface area contributed by atoms with Gasteiger partial charge < -0.3 is 15.4 Å². The number of carbonyl (C=O) groups excluding carboxylic acids is 1. The van der Waals surface area contributed by atoms with Gasteiger partial charge in [-0.3, -0.25) is 4.79 Å². The molecule has 4 nitrogen and oxygen atoms in total. The molecule has 3 atom stereocenters. The summed E-state index contributed by atoms with van der Waals surface area (Å²) in [6, 6.07) is 0.470. The van der Waals surface area contributed by atoms with Crippen LogP contribution in [0.25, 0.3) is 0 Å². The van der Waals surface area contributed by atoms with Crippen LogP contribution in [0.5, 0.6) is 0 Å². The monoisotopic (exact) mass is 254 g/mol. The summed E-state index contributed by atoms with van der Waals surface area (Å²) < 4.78 is 4.83. The Morgan fingerprint density at radius 1 is 1.44 bits per heavy atom. The van der Waals surface area contributed by atoms with Gasteiger partial charge in [0.05, 0.1) is 7.11 Å². The van der Waals surface area contributed by atoms with Crippen LogP contribution in [0.3, 0.4) is 0 Å². The third-order valence-electron chi connectivity index (χ3n) is 4.83. The molecular weight excluding hydrogens is 228 g/mol. The van der Waals surface area contributed by atoms with Crippen molar-refractivity contribution in [3.63, 3.8) is 0 Å². The maximum atomic E-state index is 11.7. The highest BCUT2D eigenvalue weighted by molar-refractivity contribution is 5.81. The number of hydrogen-bond acceptors (Lipinski definition) is 4. The molecule has 0 aromatic carbocycles. The Bertz CT molecular complexity index is 319. The van der Waals surface area contributed by atoms with Crippen molar-refractivity contribution in [2.75, 3.05) is 20.2 Å². The zero-order valence-electron chi connectivity index (χ0n) is 11.8. The molecule has 0 aromatic heterocycles. The Morgan fingerprint density at radius 3 is 2.72 bits per heavy atom. The number of likely N-dealkylation sites (tertiary alicyclic amines) is 1. The van der Waals surface area contributed by atoms with Gasteiger partial charge in [0, 0.05) is 12.6 Å². The van der Waals surface area contributed by atoms with E-state index < -0.39 is 5.54 Å². The zero-order chi connectivity index (χ0) is 13.3. The van der Waals surface area contributed by atoms with Crippen molar-refractivity contribution >= 4 is 5.97 Å². The molecule has 1 aliphatic carbocycles. The highest BCUT2D eigenvalue weighted by Crippen LogP contribution is 2.35. The van der Waals surface area contributed by atoms with Gasteiger partial charge >= 0.3 is 5.97 Å². The minimum atomic E-state index is -0.741. The summed E-state index contributed by atoms with van der Waals surface area (Å²) in [5.74, 6) is 1.31. The van der Waals surface area contributed by atoms with Gasteiger partial charge in [-0.05, 0) is 44.1 Å². The average molecular weight is 254 g/mol. The van der Waals surface area contributed by atoms with Crippen molar-refractivity contribution in [3.8, 4) is 0 Å². The second-order valence-corrected chi connectivity index (χ2v) is 6.33. The lowest BCUT2D eigenvalue weighted by molar-refractivity contribution is -0.146. The third-order valence-corrected chi connectivity index (χ3v) is 4.83. The standard InChI is InChI=1S/C14H26N2O2/c1-10(2)11-5-7-16(9-11)12-4-6-14(15,8-12)13(17)18-3/h10-12H,4-9,15H2,1-3H3. The minimum Gasteiger partial charge on any atom is -0.468 e. The Kier molecular flexibility index (Phi) is 3.97. The molecule has 18 heavy (non-hydrogen) atoms. The molecule has 2 fully saturated rings. The van der Waals surface area contributed by atoms with E-state index in [0.717, 1.165) is 37.6 Å². The Hall–Kier alpha value is -0.610. The summed E-state index contributed by atoms with van der Waals surface area (Å²) >= 11 is 0. The molecule has 1 heterocycles. The summed E-state index contributed by atoms with van der Waals surface area (Å²) in [6.45, 7) is 6.92. The first-order chi connectivity index (χ1) is 8.46. The second kappa shape index (κ2) is 5.17. The highest BCUT2D eigenvalue weighted by atomic mass is 16.5. The van der Waals surface area contributed by atoms with Gasteiger partial charge in [0.2, 0.25) is 0 Å². The van der Waals surface area contributed by atoms with Gasteiger partial charge in [-0.25, -0.2) is 0 Å². The molecule has 0 radical (unpaired) electrons. The first-order valence-corrected chi connectivity index (χ1v) is 7.07. The fourth-order valence-corrected chi connectivity index (χ4v) is 3.44. The molecule has 0 bridgehead atoms. The van der Waals surface area contributed by atoms with E-state index in [2.05, 4.69) is 18.7 Å². The van der Waals surface area contributed by atoms with Gasteiger partial charge in [-0.15, -0.1) is 0 Å². The number of nitrogens with zero attached hydrogens (tertiary/aromatic N) is 1. The van der Waals surface area contributed by atoms with Crippen LogP contribution in [0.4, 0.5) is 0 Å². The molecule has 4 heteroatoms. The van der Waals surface area contributed by atoms with E-state index in [1.54, 1.807) is 0 Å². The lowest BCUT2D eigenvalue weighted by Gasteiger charge is -2.26. The molecule has 3 unspecified atom stereocenters. The topological polar surface area (TPSA) is 55.6 Å². The molecule has 0 spiro atoms. The number of ether oxygens (including phenoxy) is 1. The average Bonchev–Trinajstić information content (AvgIpc) is 2.95. The Labute approximate surface area is 110 Å². The van der Waals surface area contributed by atoms with Crippen molar-refractivity contribution in [2.45, 2.75) is 51.1 Å². The summed E-state index contributed by atoms with van der Waals surface area (Å²) in [5, 5.41) is 0. The lowest BCUT2D eigenvalue weighted by Crippen LogP contribution is -2.48. The predicted molar refractivity (Wildman–Crippen MR) is 71.1 cm³/mol. The van der Waals surface area contributed by atoms with Crippen molar-refractivity contribution in [1.29, 1.82) is 0 Å². The highest BCUT2D eigenvalue weighted by Gasteiger charge is 2.45. The normalized spacial score (nSPS) is 37.4. The molecule has 2 aliphatic rings. The molecular formula is C14H26N2O2. The Morgan fingerprint density at radius 2 is 2.17 bits per heavy atom. The van der Waals surface area contributed by atoms with Crippen molar-refractivity contribution < 1.29 is 9.53 Å². The maximum absolute atomic E-state index is 11.7. The number of rotatable bonds is 3. The lowest BCUT2D eigenvalue weighted by atomic mass is 9.95. The molecule has 1 saturated carbocycles. The Balaban J connectivity index is 1.92.